The van der Waals surface area contributed by atoms with Gasteiger partial charge in [-0.2, -0.15) is 0 Å². The van der Waals surface area contributed by atoms with Crippen LogP contribution in [0.4, 0.5) is 20.2 Å². The molecule has 0 saturated carbocycles. The van der Waals surface area contributed by atoms with Crippen LogP contribution in [0.2, 0.25) is 0 Å². The second kappa shape index (κ2) is 7.92. The summed E-state index contributed by atoms with van der Waals surface area (Å²) in [6.45, 7) is 3.04. The molecule has 0 aromatic heterocycles. The van der Waals surface area contributed by atoms with Gasteiger partial charge in [0.2, 0.25) is 11.8 Å². The molecule has 0 bridgehead atoms. The fraction of sp³-hybridized carbons (Fsp3) is 0.176. The number of nitrogens with one attached hydrogen (secondary N) is 2. The lowest BCUT2D eigenvalue weighted by Gasteiger charge is -2.13. The molecular weight excluding hydrogens is 334 g/mol. The van der Waals surface area contributed by atoms with Gasteiger partial charge < -0.3 is 10.6 Å². The molecule has 4 nitrogen and oxygen atoms in total. The summed E-state index contributed by atoms with van der Waals surface area (Å²) in [5, 5.41) is 4.76. The summed E-state index contributed by atoms with van der Waals surface area (Å²) in [6.07, 6.45) is 0. The molecule has 2 aromatic carbocycles. The molecule has 0 aliphatic carbocycles. The third-order valence-corrected chi connectivity index (χ3v) is 4.19. The number of benzene rings is 2. The largest absolute Gasteiger partial charge is 0.326 e. The zero-order chi connectivity index (χ0) is 17.7. The van der Waals surface area contributed by atoms with Crippen molar-refractivity contribution < 1.29 is 18.4 Å². The van der Waals surface area contributed by atoms with Gasteiger partial charge in [-0.3, -0.25) is 9.59 Å². The fourth-order valence-electron chi connectivity index (χ4n) is 1.90. The Morgan fingerprint density at radius 3 is 2.12 bits per heavy atom. The van der Waals surface area contributed by atoms with Gasteiger partial charge in [0, 0.05) is 29.3 Å². The number of anilines is 2. The highest BCUT2D eigenvalue weighted by Crippen LogP contribution is 2.27. The zero-order valence-corrected chi connectivity index (χ0v) is 13.9. The van der Waals surface area contributed by atoms with Crippen LogP contribution in [0.25, 0.3) is 0 Å². The van der Waals surface area contributed by atoms with Gasteiger partial charge in [0.05, 0.1) is 5.25 Å². The summed E-state index contributed by atoms with van der Waals surface area (Å²) in [4.78, 5) is 23.3. The second-order valence-corrected chi connectivity index (χ2v) is 6.47. The molecule has 1 atom stereocenters. The van der Waals surface area contributed by atoms with Gasteiger partial charge >= 0.3 is 0 Å². The SMILES string of the molecule is CC(=O)Nc1ccc(NC(=O)[C@@H](C)Sc2ccc(F)cc2F)cc1. The Labute approximate surface area is 142 Å². The summed E-state index contributed by atoms with van der Waals surface area (Å²) < 4.78 is 26.5. The van der Waals surface area contributed by atoms with Crippen molar-refractivity contribution in [2.75, 3.05) is 10.6 Å². The van der Waals surface area contributed by atoms with E-state index in [4.69, 9.17) is 0 Å². The topological polar surface area (TPSA) is 58.2 Å². The highest BCUT2D eigenvalue weighted by atomic mass is 32.2. The second-order valence-electron chi connectivity index (χ2n) is 5.08. The first-order valence-electron chi connectivity index (χ1n) is 7.15. The maximum atomic E-state index is 13.6. The lowest BCUT2D eigenvalue weighted by atomic mass is 10.2. The quantitative estimate of drug-likeness (QED) is 0.800. The summed E-state index contributed by atoms with van der Waals surface area (Å²) in [5.41, 5.74) is 1.18. The molecule has 0 spiro atoms. The van der Waals surface area contributed by atoms with Crippen LogP contribution < -0.4 is 10.6 Å². The van der Waals surface area contributed by atoms with Crippen molar-refractivity contribution in [3.05, 3.63) is 54.1 Å². The first kappa shape index (κ1) is 17.9. The molecule has 24 heavy (non-hydrogen) atoms. The lowest BCUT2D eigenvalue weighted by molar-refractivity contribution is -0.115. The Kier molecular flexibility index (Phi) is 5.92. The van der Waals surface area contributed by atoms with Crippen LogP contribution in [0.1, 0.15) is 13.8 Å². The van der Waals surface area contributed by atoms with Crippen LogP contribution >= 0.6 is 11.8 Å². The third kappa shape index (κ3) is 5.06. The van der Waals surface area contributed by atoms with Crippen molar-refractivity contribution in [1.29, 1.82) is 0 Å². The van der Waals surface area contributed by atoms with Crippen LogP contribution in [0.5, 0.6) is 0 Å². The predicted octanol–water partition coefficient (Wildman–Crippen LogP) is 4.04. The molecule has 2 N–H and O–H groups in total. The number of carbonyl (C=O) groups is 2. The molecule has 2 rings (SSSR count). The third-order valence-electron chi connectivity index (χ3n) is 3.04. The standard InChI is InChI=1S/C17H16F2N2O2S/c1-10(24-16-8-3-12(18)9-15(16)19)17(23)21-14-6-4-13(5-7-14)20-11(2)22/h3-10H,1-2H3,(H,20,22)(H,21,23)/t10-/m1/s1. The van der Waals surface area contributed by atoms with E-state index < -0.39 is 16.9 Å². The number of carbonyl (C=O) groups excluding carboxylic acids is 2. The molecule has 0 fully saturated rings. The van der Waals surface area contributed by atoms with E-state index in [1.54, 1.807) is 31.2 Å². The van der Waals surface area contributed by atoms with E-state index in [2.05, 4.69) is 10.6 Å². The van der Waals surface area contributed by atoms with Gasteiger partial charge in [0.1, 0.15) is 11.6 Å². The minimum absolute atomic E-state index is 0.182. The maximum absolute atomic E-state index is 13.6. The Morgan fingerprint density at radius 2 is 1.58 bits per heavy atom. The smallest absolute Gasteiger partial charge is 0.237 e. The molecule has 0 saturated heterocycles. The zero-order valence-electron chi connectivity index (χ0n) is 13.1. The minimum Gasteiger partial charge on any atom is -0.326 e. The lowest BCUT2D eigenvalue weighted by Crippen LogP contribution is -2.22. The highest BCUT2D eigenvalue weighted by Gasteiger charge is 2.17. The molecule has 7 heteroatoms. The Morgan fingerprint density at radius 1 is 1.00 bits per heavy atom. The van der Waals surface area contributed by atoms with Crippen LogP contribution in [0.3, 0.4) is 0 Å². The maximum Gasteiger partial charge on any atom is 0.237 e. The average Bonchev–Trinajstić information content (AvgIpc) is 2.51. The Balaban J connectivity index is 1.97. The van der Waals surface area contributed by atoms with Gasteiger partial charge in [-0.05, 0) is 43.3 Å². The molecular formula is C17H16F2N2O2S. The molecule has 0 unspecified atom stereocenters. The summed E-state index contributed by atoms with van der Waals surface area (Å²) in [5.74, 6) is -1.85. The van der Waals surface area contributed by atoms with E-state index in [1.165, 1.54) is 13.0 Å². The summed E-state index contributed by atoms with van der Waals surface area (Å²) in [6, 6.07) is 9.87. The van der Waals surface area contributed by atoms with E-state index in [9.17, 15) is 18.4 Å². The Bertz CT molecular complexity index is 751. The minimum atomic E-state index is -0.695. The van der Waals surface area contributed by atoms with Crippen molar-refractivity contribution in [2.45, 2.75) is 24.0 Å². The number of hydrogen-bond acceptors (Lipinski definition) is 3. The molecule has 0 aliphatic heterocycles. The summed E-state index contributed by atoms with van der Waals surface area (Å²) >= 11 is 1.01. The number of amides is 2. The summed E-state index contributed by atoms with van der Waals surface area (Å²) in [7, 11) is 0. The van der Waals surface area contributed by atoms with Crippen LogP contribution in [-0.4, -0.2) is 17.1 Å². The van der Waals surface area contributed by atoms with Gasteiger partial charge in [0.15, 0.2) is 0 Å². The monoisotopic (exact) mass is 350 g/mol. The van der Waals surface area contributed by atoms with Crippen molar-refractivity contribution in [1.82, 2.24) is 0 Å². The van der Waals surface area contributed by atoms with Gasteiger partial charge in [-0.15, -0.1) is 11.8 Å². The molecule has 2 aromatic rings. The molecule has 0 aliphatic rings. The van der Waals surface area contributed by atoms with E-state index in [0.29, 0.717) is 11.4 Å². The van der Waals surface area contributed by atoms with Crippen molar-refractivity contribution in [3.63, 3.8) is 0 Å². The van der Waals surface area contributed by atoms with Crippen molar-refractivity contribution in [2.24, 2.45) is 0 Å². The molecule has 0 radical (unpaired) electrons. The van der Waals surface area contributed by atoms with Gasteiger partial charge in [0.25, 0.3) is 0 Å². The first-order chi connectivity index (χ1) is 11.3. The van der Waals surface area contributed by atoms with Gasteiger partial charge in [-0.1, -0.05) is 0 Å². The molecule has 126 valence electrons. The average molecular weight is 350 g/mol. The van der Waals surface area contributed by atoms with E-state index >= 15 is 0 Å². The van der Waals surface area contributed by atoms with Crippen LogP contribution in [-0.2, 0) is 9.59 Å². The number of rotatable bonds is 5. The van der Waals surface area contributed by atoms with Crippen LogP contribution in [0.15, 0.2) is 47.4 Å². The first-order valence-corrected chi connectivity index (χ1v) is 8.03. The Hall–Kier alpha value is -2.41. The van der Waals surface area contributed by atoms with Gasteiger partial charge in [-0.25, -0.2) is 8.78 Å². The number of thioether (sulfide) groups is 1. The normalized spacial score (nSPS) is 11.7. The van der Waals surface area contributed by atoms with E-state index in [0.717, 1.165) is 23.9 Å². The molecule has 2 amide bonds. The highest BCUT2D eigenvalue weighted by molar-refractivity contribution is 8.00. The van der Waals surface area contributed by atoms with E-state index in [-0.39, 0.29) is 16.7 Å². The number of halogens is 2. The predicted molar refractivity (Wildman–Crippen MR) is 91.1 cm³/mol. The number of hydrogen-bond donors (Lipinski definition) is 2. The molecule has 0 heterocycles. The fourth-order valence-corrected chi connectivity index (χ4v) is 2.76. The van der Waals surface area contributed by atoms with Crippen molar-refractivity contribution >= 4 is 35.0 Å². The van der Waals surface area contributed by atoms with E-state index in [1.807, 2.05) is 0 Å². The van der Waals surface area contributed by atoms with Crippen LogP contribution in [0, 0.1) is 11.6 Å². The van der Waals surface area contributed by atoms with Crippen molar-refractivity contribution in [3.8, 4) is 0 Å².